The summed E-state index contributed by atoms with van der Waals surface area (Å²) in [6.45, 7) is 3.90. The Morgan fingerprint density at radius 3 is 1.96 bits per heavy atom. The first-order chi connectivity index (χ1) is 12.5. The van der Waals surface area contributed by atoms with E-state index in [-0.39, 0.29) is 29.1 Å². The molecule has 0 spiro atoms. The van der Waals surface area contributed by atoms with Crippen molar-refractivity contribution in [2.24, 2.45) is 0 Å². The number of methoxy groups -OCH3 is 2. The molecule has 0 unspecified atom stereocenters. The minimum atomic E-state index is -0.280. The Kier molecular flexibility index (Phi) is 9.70. The number of carbonyl (C=O) groups excluding carboxylic acids is 3. The highest BCUT2D eigenvalue weighted by atomic mass is 16.5. The van der Waals surface area contributed by atoms with Gasteiger partial charge in [0.25, 0.3) is 0 Å². The average Bonchev–Trinajstić information content (AvgIpc) is 2.62. The van der Waals surface area contributed by atoms with Gasteiger partial charge >= 0.3 is 5.97 Å². The van der Waals surface area contributed by atoms with Crippen LogP contribution in [0.15, 0.2) is 22.7 Å². The van der Waals surface area contributed by atoms with Gasteiger partial charge < -0.3 is 14.2 Å². The number of ketones is 2. The third-order valence-corrected chi connectivity index (χ3v) is 4.46. The van der Waals surface area contributed by atoms with E-state index in [0.29, 0.717) is 30.6 Å². The van der Waals surface area contributed by atoms with E-state index in [0.717, 1.165) is 38.5 Å². The Balaban J connectivity index is 2.35. The number of hydrogen-bond donors (Lipinski definition) is 0. The first kappa shape index (κ1) is 21.9. The van der Waals surface area contributed by atoms with Crippen molar-refractivity contribution in [2.75, 3.05) is 20.8 Å². The summed E-state index contributed by atoms with van der Waals surface area (Å²) in [6, 6.07) is 0. The molecular formula is C20H30O6. The van der Waals surface area contributed by atoms with Gasteiger partial charge in [-0.25, -0.2) is 0 Å². The lowest BCUT2D eigenvalue weighted by Crippen LogP contribution is -2.25. The predicted molar refractivity (Wildman–Crippen MR) is 97.3 cm³/mol. The molecule has 0 bridgehead atoms. The van der Waals surface area contributed by atoms with Crippen molar-refractivity contribution in [3.05, 3.63) is 22.7 Å². The summed E-state index contributed by atoms with van der Waals surface area (Å²) in [7, 11) is 2.73. The van der Waals surface area contributed by atoms with Gasteiger partial charge in [0.05, 0.1) is 20.8 Å². The zero-order valence-corrected chi connectivity index (χ0v) is 16.3. The Morgan fingerprint density at radius 1 is 0.846 bits per heavy atom. The molecule has 1 aliphatic carbocycles. The van der Waals surface area contributed by atoms with Crippen LogP contribution in [0.5, 0.6) is 0 Å². The summed E-state index contributed by atoms with van der Waals surface area (Å²) >= 11 is 0. The lowest BCUT2D eigenvalue weighted by atomic mass is 9.89. The maximum Gasteiger partial charge on any atom is 0.305 e. The summed E-state index contributed by atoms with van der Waals surface area (Å²) < 4.78 is 15.0. The minimum absolute atomic E-state index is 0.00272. The normalized spacial score (nSPS) is 14.8. The van der Waals surface area contributed by atoms with E-state index in [1.54, 1.807) is 13.8 Å². The van der Waals surface area contributed by atoms with Crippen LogP contribution in [0.3, 0.4) is 0 Å². The number of Topliss-reactive ketones (excluding diaryl/α,β-unsaturated/α-hetero) is 2. The van der Waals surface area contributed by atoms with Gasteiger partial charge in [-0.2, -0.15) is 0 Å². The van der Waals surface area contributed by atoms with E-state index in [1.807, 2.05) is 0 Å². The summed E-state index contributed by atoms with van der Waals surface area (Å²) in [5, 5.41) is 0. The highest BCUT2D eigenvalue weighted by Gasteiger charge is 2.34. The van der Waals surface area contributed by atoms with E-state index >= 15 is 0 Å². The van der Waals surface area contributed by atoms with Gasteiger partial charge in [0, 0.05) is 17.6 Å². The Bertz CT molecular complexity index is 585. The summed E-state index contributed by atoms with van der Waals surface area (Å²) in [6.07, 6.45) is 6.76. The van der Waals surface area contributed by atoms with Crippen molar-refractivity contribution in [2.45, 2.75) is 65.2 Å². The molecule has 146 valence electrons. The van der Waals surface area contributed by atoms with Crippen LogP contribution in [0.1, 0.15) is 65.2 Å². The molecule has 0 saturated carbocycles. The lowest BCUT2D eigenvalue weighted by Gasteiger charge is -2.20. The topological polar surface area (TPSA) is 78.9 Å². The predicted octanol–water partition coefficient (Wildman–Crippen LogP) is 3.64. The molecule has 0 fully saturated rings. The molecule has 0 amide bonds. The van der Waals surface area contributed by atoms with Crippen molar-refractivity contribution in [1.29, 1.82) is 0 Å². The summed E-state index contributed by atoms with van der Waals surface area (Å²) in [4.78, 5) is 36.0. The number of esters is 1. The van der Waals surface area contributed by atoms with E-state index in [2.05, 4.69) is 0 Å². The fourth-order valence-electron chi connectivity index (χ4n) is 3.00. The molecule has 6 heteroatoms. The second-order valence-corrected chi connectivity index (χ2v) is 6.25. The van der Waals surface area contributed by atoms with E-state index in [9.17, 15) is 14.4 Å². The fraction of sp³-hybridized carbons (Fsp3) is 0.650. The molecule has 0 atom stereocenters. The van der Waals surface area contributed by atoms with Crippen LogP contribution in [0.25, 0.3) is 0 Å². The van der Waals surface area contributed by atoms with Crippen LogP contribution in [-0.4, -0.2) is 38.4 Å². The molecule has 0 saturated heterocycles. The average molecular weight is 366 g/mol. The van der Waals surface area contributed by atoms with E-state index < -0.39 is 0 Å². The number of ether oxygens (including phenoxy) is 3. The first-order valence-corrected chi connectivity index (χ1v) is 9.24. The molecule has 26 heavy (non-hydrogen) atoms. The van der Waals surface area contributed by atoms with Crippen LogP contribution >= 0.6 is 0 Å². The zero-order chi connectivity index (χ0) is 19.5. The van der Waals surface area contributed by atoms with Crippen molar-refractivity contribution >= 4 is 17.5 Å². The minimum Gasteiger partial charge on any atom is -0.489 e. The quantitative estimate of drug-likeness (QED) is 0.298. The number of unbranched alkanes of at least 4 members (excludes halogenated alkanes) is 5. The van der Waals surface area contributed by atoms with E-state index in [4.69, 9.17) is 14.2 Å². The Morgan fingerprint density at radius 2 is 1.38 bits per heavy atom. The molecule has 0 aromatic carbocycles. The van der Waals surface area contributed by atoms with Gasteiger partial charge in [-0.15, -0.1) is 0 Å². The number of allylic oxidation sites excluding steroid dienone is 2. The molecule has 1 rings (SSSR count). The van der Waals surface area contributed by atoms with Gasteiger partial charge in [0.2, 0.25) is 23.1 Å². The van der Waals surface area contributed by atoms with Crippen LogP contribution in [0.2, 0.25) is 0 Å². The maximum atomic E-state index is 12.5. The Hall–Kier alpha value is -2.11. The number of rotatable bonds is 12. The smallest absolute Gasteiger partial charge is 0.305 e. The van der Waals surface area contributed by atoms with Crippen molar-refractivity contribution in [3.8, 4) is 0 Å². The maximum absolute atomic E-state index is 12.5. The molecule has 6 nitrogen and oxygen atoms in total. The van der Waals surface area contributed by atoms with Crippen molar-refractivity contribution in [1.82, 2.24) is 0 Å². The van der Waals surface area contributed by atoms with Gasteiger partial charge in [-0.3, -0.25) is 14.4 Å². The molecule has 0 heterocycles. The summed E-state index contributed by atoms with van der Waals surface area (Å²) in [5.74, 6) is -0.681. The highest BCUT2D eigenvalue weighted by Crippen LogP contribution is 2.28. The van der Waals surface area contributed by atoms with Gasteiger partial charge in [-0.1, -0.05) is 25.7 Å². The zero-order valence-electron chi connectivity index (χ0n) is 16.3. The molecular weight excluding hydrogens is 336 g/mol. The second kappa shape index (κ2) is 11.5. The molecule has 1 aliphatic rings. The first-order valence-electron chi connectivity index (χ1n) is 9.24. The largest absolute Gasteiger partial charge is 0.489 e. The fourth-order valence-corrected chi connectivity index (χ4v) is 3.00. The molecule has 0 N–H and O–H groups in total. The van der Waals surface area contributed by atoms with Gasteiger partial charge in [-0.05, 0) is 33.1 Å². The van der Waals surface area contributed by atoms with Gasteiger partial charge in [0.1, 0.15) is 0 Å². The Labute approximate surface area is 155 Å². The van der Waals surface area contributed by atoms with Crippen molar-refractivity contribution in [3.63, 3.8) is 0 Å². The van der Waals surface area contributed by atoms with Crippen molar-refractivity contribution < 1.29 is 28.6 Å². The number of carbonyl (C=O) groups is 3. The molecule has 0 aromatic heterocycles. The third-order valence-electron chi connectivity index (χ3n) is 4.46. The second-order valence-electron chi connectivity index (χ2n) is 6.25. The summed E-state index contributed by atoms with van der Waals surface area (Å²) in [5.41, 5.74) is 0.969. The molecule has 0 aromatic rings. The van der Waals surface area contributed by atoms with Crippen LogP contribution in [0.4, 0.5) is 0 Å². The monoisotopic (exact) mass is 366 g/mol. The van der Waals surface area contributed by atoms with Crippen LogP contribution in [-0.2, 0) is 28.6 Å². The van der Waals surface area contributed by atoms with Crippen LogP contribution < -0.4 is 0 Å². The van der Waals surface area contributed by atoms with Crippen LogP contribution in [0, 0.1) is 0 Å². The molecule has 0 aliphatic heterocycles. The third kappa shape index (κ3) is 6.00. The standard InChI is InChI=1S/C20H30O6/c1-5-26-16(21)13-11-9-7-6-8-10-12-15-14(2)17(22)19(24-3)20(25-4)18(15)23/h5-13H2,1-4H3. The van der Waals surface area contributed by atoms with Gasteiger partial charge in [0.15, 0.2) is 0 Å². The lowest BCUT2D eigenvalue weighted by molar-refractivity contribution is -0.143. The highest BCUT2D eigenvalue weighted by molar-refractivity contribution is 6.23. The number of hydrogen-bond acceptors (Lipinski definition) is 6. The molecule has 0 radical (unpaired) electrons. The SMILES string of the molecule is CCOC(=O)CCCCCCCCC1=C(C)C(=O)C(OC)=C(OC)C1=O. The van der Waals surface area contributed by atoms with E-state index in [1.165, 1.54) is 14.2 Å².